The third kappa shape index (κ3) is 3.85. The van der Waals surface area contributed by atoms with Crippen molar-refractivity contribution in [1.29, 1.82) is 0 Å². The molecule has 4 aromatic rings. The molecular formula is C24H24N4O2. The molecule has 0 bridgehead atoms. The molecule has 0 radical (unpaired) electrons. The number of hydrogen-bond donors (Lipinski definition) is 2. The number of aromatic nitrogens is 1. The highest BCUT2D eigenvalue weighted by atomic mass is 16.5. The van der Waals surface area contributed by atoms with E-state index in [1.165, 1.54) is 21.8 Å². The van der Waals surface area contributed by atoms with Gasteiger partial charge in [-0.05, 0) is 42.8 Å². The molecule has 0 unspecified atom stereocenters. The van der Waals surface area contributed by atoms with Gasteiger partial charge >= 0.3 is 0 Å². The van der Waals surface area contributed by atoms with Crippen LogP contribution in [0, 0.1) is 0 Å². The Hall–Kier alpha value is -3.80. The summed E-state index contributed by atoms with van der Waals surface area (Å²) in [6, 6.07) is 22.1. The molecule has 6 nitrogen and oxygen atoms in total. The van der Waals surface area contributed by atoms with Crippen molar-refractivity contribution in [3.63, 3.8) is 0 Å². The number of aryl methyl sites for hydroxylation is 1. The number of rotatable bonds is 7. The Balaban J connectivity index is 1.45. The summed E-state index contributed by atoms with van der Waals surface area (Å²) in [6.07, 6.45) is 1.67. The number of fused-ring (bicyclic) bond motifs is 3. The predicted octanol–water partition coefficient (Wildman–Crippen LogP) is 4.39. The SMILES string of the molecule is CCn1c2ccccc2c2cc(C=NNC(=O)CNc3ccccc3OC)ccc21. The number of nitrogens with zero attached hydrogens (tertiary/aromatic N) is 2. The molecule has 0 aliphatic rings. The molecule has 0 aliphatic carbocycles. The van der Waals surface area contributed by atoms with Crippen molar-refractivity contribution in [3.8, 4) is 5.75 Å². The molecule has 30 heavy (non-hydrogen) atoms. The Bertz CT molecular complexity index is 1230. The first-order chi connectivity index (χ1) is 14.7. The summed E-state index contributed by atoms with van der Waals surface area (Å²) in [6.45, 7) is 3.16. The van der Waals surface area contributed by atoms with E-state index in [1.807, 2.05) is 30.3 Å². The van der Waals surface area contributed by atoms with E-state index in [-0.39, 0.29) is 12.5 Å². The van der Waals surface area contributed by atoms with E-state index < -0.39 is 0 Å². The second-order valence-corrected chi connectivity index (χ2v) is 6.89. The van der Waals surface area contributed by atoms with Crippen LogP contribution in [-0.4, -0.2) is 30.3 Å². The number of carbonyl (C=O) groups is 1. The maximum atomic E-state index is 12.1. The van der Waals surface area contributed by atoms with Crippen molar-refractivity contribution in [2.45, 2.75) is 13.5 Å². The van der Waals surface area contributed by atoms with Crippen molar-refractivity contribution in [2.24, 2.45) is 5.10 Å². The molecule has 0 spiro atoms. The van der Waals surface area contributed by atoms with Crippen molar-refractivity contribution in [2.75, 3.05) is 19.0 Å². The Morgan fingerprint density at radius 1 is 1.03 bits per heavy atom. The van der Waals surface area contributed by atoms with Crippen LogP contribution in [0.15, 0.2) is 71.8 Å². The topological polar surface area (TPSA) is 67.7 Å². The van der Waals surface area contributed by atoms with E-state index in [0.29, 0.717) is 5.75 Å². The van der Waals surface area contributed by atoms with Gasteiger partial charge in [0.15, 0.2) is 0 Å². The van der Waals surface area contributed by atoms with Gasteiger partial charge in [0.25, 0.3) is 5.91 Å². The average Bonchev–Trinajstić information content (AvgIpc) is 3.11. The first-order valence-electron chi connectivity index (χ1n) is 9.91. The molecule has 1 aromatic heterocycles. The Kier molecular flexibility index (Phi) is 5.66. The zero-order valence-electron chi connectivity index (χ0n) is 17.1. The number of para-hydroxylation sites is 3. The van der Waals surface area contributed by atoms with Crippen LogP contribution < -0.4 is 15.5 Å². The van der Waals surface area contributed by atoms with E-state index in [4.69, 9.17) is 4.74 Å². The lowest BCUT2D eigenvalue weighted by atomic mass is 10.1. The monoisotopic (exact) mass is 400 g/mol. The quantitative estimate of drug-likeness (QED) is 0.357. The van der Waals surface area contributed by atoms with Gasteiger partial charge in [-0.2, -0.15) is 5.10 Å². The highest BCUT2D eigenvalue weighted by Gasteiger charge is 2.09. The molecule has 6 heteroatoms. The number of hydrogen-bond acceptors (Lipinski definition) is 4. The van der Waals surface area contributed by atoms with Crippen LogP contribution in [0.25, 0.3) is 21.8 Å². The van der Waals surface area contributed by atoms with Gasteiger partial charge < -0.3 is 14.6 Å². The normalized spacial score (nSPS) is 11.3. The standard InChI is InChI=1S/C24H24N4O2/c1-3-28-21-10-6-4-8-18(21)19-14-17(12-13-22(19)28)15-26-27-24(29)16-25-20-9-5-7-11-23(20)30-2/h4-15,25H,3,16H2,1-2H3,(H,27,29). The van der Waals surface area contributed by atoms with Crippen molar-refractivity contribution in [1.82, 2.24) is 9.99 Å². The first-order valence-corrected chi connectivity index (χ1v) is 9.91. The van der Waals surface area contributed by atoms with E-state index in [0.717, 1.165) is 17.8 Å². The van der Waals surface area contributed by atoms with E-state index >= 15 is 0 Å². The molecule has 0 saturated carbocycles. The number of methoxy groups -OCH3 is 1. The Morgan fingerprint density at radius 3 is 2.63 bits per heavy atom. The lowest BCUT2D eigenvalue weighted by Gasteiger charge is -2.09. The molecule has 1 heterocycles. The van der Waals surface area contributed by atoms with Gasteiger partial charge in [-0.15, -0.1) is 0 Å². The van der Waals surface area contributed by atoms with Crippen LogP contribution in [-0.2, 0) is 11.3 Å². The molecule has 0 aliphatic heterocycles. The average molecular weight is 400 g/mol. The fourth-order valence-corrected chi connectivity index (χ4v) is 3.68. The highest BCUT2D eigenvalue weighted by Crippen LogP contribution is 2.29. The van der Waals surface area contributed by atoms with Crippen LogP contribution >= 0.6 is 0 Å². The Labute approximate surface area is 175 Å². The molecule has 2 N–H and O–H groups in total. The van der Waals surface area contributed by atoms with Crippen LogP contribution in [0.1, 0.15) is 12.5 Å². The number of amides is 1. The van der Waals surface area contributed by atoms with Gasteiger partial charge in [0.05, 0.1) is 25.6 Å². The van der Waals surface area contributed by atoms with Crippen molar-refractivity contribution in [3.05, 3.63) is 72.3 Å². The zero-order chi connectivity index (χ0) is 20.9. The summed E-state index contributed by atoms with van der Waals surface area (Å²) in [5, 5.41) is 9.56. The summed E-state index contributed by atoms with van der Waals surface area (Å²) < 4.78 is 7.57. The van der Waals surface area contributed by atoms with Gasteiger partial charge in [0, 0.05) is 28.4 Å². The number of nitrogens with one attached hydrogen (secondary N) is 2. The third-order valence-corrected chi connectivity index (χ3v) is 5.06. The molecular weight excluding hydrogens is 376 g/mol. The van der Waals surface area contributed by atoms with Gasteiger partial charge in [-0.1, -0.05) is 36.4 Å². The largest absolute Gasteiger partial charge is 0.495 e. The van der Waals surface area contributed by atoms with Crippen LogP contribution in [0.2, 0.25) is 0 Å². The van der Waals surface area contributed by atoms with Crippen molar-refractivity contribution < 1.29 is 9.53 Å². The minimum atomic E-state index is -0.235. The number of ether oxygens (including phenoxy) is 1. The zero-order valence-corrected chi connectivity index (χ0v) is 17.1. The Morgan fingerprint density at radius 2 is 1.80 bits per heavy atom. The van der Waals surface area contributed by atoms with Gasteiger partial charge in [0.1, 0.15) is 5.75 Å². The first kappa shape index (κ1) is 19.5. The summed E-state index contributed by atoms with van der Waals surface area (Å²) in [5.74, 6) is 0.453. The highest BCUT2D eigenvalue weighted by molar-refractivity contribution is 6.09. The summed E-state index contributed by atoms with van der Waals surface area (Å²) in [7, 11) is 1.60. The minimum absolute atomic E-state index is 0.0980. The van der Waals surface area contributed by atoms with Crippen LogP contribution in [0.3, 0.4) is 0 Å². The van der Waals surface area contributed by atoms with E-state index in [1.54, 1.807) is 13.3 Å². The molecule has 1 amide bonds. The molecule has 3 aromatic carbocycles. The van der Waals surface area contributed by atoms with Gasteiger partial charge in [-0.25, -0.2) is 5.43 Å². The third-order valence-electron chi connectivity index (χ3n) is 5.06. The van der Waals surface area contributed by atoms with Gasteiger partial charge in [0.2, 0.25) is 0 Å². The minimum Gasteiger partial charge on any atom is -0.495 e. The fraction of sp³-hybridized carbons (Fsp3) is 0.167. The predicted molar refractivity (Wildman–Crippen MR) is 122 cm³/mol. The molecule has 0 atom stereocenters. The molecule has 0 saturated heterocycles. The second kappa shape index (κ2) is 8.69. The maximum absolute atomic E-state index is 12.1. The van der Waals surface area contributed by atoms with E-state index in [9.17, 15) is 4.79 Å². The smallest absolute Gasteiger partial charge is 0.259 e. The number of carbonyl (C=O) groups excluding carboxylic acids is 1. The number of anilines is 1. The second-order valence-electron chi connectivity index (χ2n) is 6.89. The maximum Gasteiger partial charge on any atom is 0.259 e. The van der Waals surface area contributed by atoms with Crippen LogP contribution in [0.4, 0.5) is 5.69 Å². The summed E-state index contributed by atoms with van der Waals surface area (Å²) >= 11 is 0. The molecule has 4 rings (SSSR count). The van der Waals surface area contributed by atoms with E-state index in [2.05, 4.69) is 63.7 Å². The summed E-state index contributed by atoms with van der Waals surface area (Å²) in [5.41, 5.74) is 6.67. The van der Waals surface area contributed by atoms with Gasteiger partial charge in [-0.3, -0.25) is 4.79 Å². The van der Waals surface area contributed by atoms with Crippen LogP contribution in [0.5, 0.6) is 5.75 Å². The number of hydrazone groups is 1. The fourth-order valence-electron chi connectivity index (χ4n) is 3.68. The summed E-state index contributed by atoms with van der Waals surface area (Å²) in [4.78, 5) is 12.1. The molecule has 152 valence electrons. The number of benzene rings is 3. The molecule has 0 fully saturated rings. The van der Waals surface area contributed by atoms with Crippen molar-refractivity contribution >= 4 is 39.6 Å². The lowest BCUT2D eigenvalue weighted by Crippen LogP contribution is -2.26. The lowest BCUT2D eigenvalue weighted by molar-refractivity contribution is -0.119.